The topological polar surface area (TPSA) is 140 Å². The van der Waals surface area contributed by atoms with Crippen LogP contribution >= 0.6 is 0 Å². The number of Topliss-reactive ketones (excluding diaryl/α,β-unsaturated/α-hetero) is 1. The molecule has 100 valence electrons. The highest BCUT2D eigenvalue weighted by Gasteiger charge is 2.21. The summed E-state index contributed by atoms with van der Waals surface area (Å²) in [5.41, 5.74) is 8.09. The van der Waals surface area contributed by atoms with Crippen molar-refractivity contribution in [2.24, 2.45) is 0 Å². The number of carboxylic acids is 1. The molecule has 3 N–H and O–H groups in total. The van der Waals surface area contributed by atoms with Crippen LogP contribution in [0, 0.1) is 0 Å². The summed E-state index contributed by atoms with van der Waals surface area (Å²) in [5, 5.41) is 20.0. The number of hydrogen-bond acceptors (Lipinski definition) is 4. The minimum absolute atomic E-state index is 0.119. The molecule has 2 atom stereocenters. The maximum atomic E-state index is 11.3. The van der Waals surface area contributed by atoms with E-state index < -0.39 is 29.8 Å². The summed E-state index contributed by atoms with van der Waals surface area (Å²) < 4.78 is 0. The van der Waals surface area contributed by atoms with Crippen molar-refractivity contribution in [3.8, 4) is 0 Å². The molecule has 0 heterocycles. The van der Waals surface area contributed by atoms with Crippen LogP contribution in [-0.4, -0.2) is 51.0 Å². The quantitative estimate of drug-likeness (QED) is 0.290. The standard InChI is InChI=1S/C10H15N3O5/c1-6(14)4-9(16)13-8(10(17)18)3-2-7(15)5-12-11/h5-6,8,14H,2-4H2,1H3,(H,13,16)(H,17,18)/t6-,8-/m0/s1. The maximum absolute atomic E-state index is 11.3. The van der Waals surface area contributed by atoms with E-state index in [-0.39, 0.29) is 19.3 Å². The Bertz CT molecular complexity index is 374. The smallest absolute Gasteiger partial charge is 0.326 e. The molecule has 8 nitrogen and oxygen atoms in total. The Kier molecular flexibility index (Phi) is 7.18. The van der Waals surface area contributed by atoms with Gasteiger partial charge in [0.15, 0.2) is 0 Å². The largest absolute Gasteiger partial charge is 0.480 e. The van der Waals surface area contributed by atoms with Gasteiger partial charge in [-0.15, -0.1) is 0 Å². The first kappa shape index (κ1) is 16.0. The van der Waals surface area contributed by atoms with Crippen molar-refractivity contribution >= 4 is 23.9 Å². The molecule has 0 bridgehead atoms. The van der Waals surface area contributed by atoms with Crippen molar-refractivity contribution < 1.29 is 29.4 Å². The number of carbonyl (C=O) groups excluding carboxylic acids is 2. The van der Waals surface area contributed by atoms with Gasteiger partial charge in [0.25, 0.3) is 0 Å². The highest BCUT2D eigenvalue weighted by molar-refractivity contribution is 6.25. The summed E-state index contributed by atoms with van der Waals surface area (Å²) in [6.45, 7) is 1.40. The van der Waals surface area contributed by atoms with Gasteiger partial charge in [0.1, 0.15) is 6.04 Å². The van der Waals surface area contributed by atoms with Crippen LogP contribution in [0.25, 0.3) is 5.53 Å². The molecule has 0 radical (unpaired) electrons. The van der Waals surface area contributed by atoms with E-state index in [1.54, 1.807) is 0 Å². The van der Waals surface area contributed by atoms with Crippen LogP contribution in [0.1, 0.15) is 26.2 Å². The molecule has 0 aromatic carbocycles. The Balaban J connectivity index is 4.32. The molecule has 0 aliphatic rings. The normalized spacial score (nSPS) is 13.0. The van der Waals surface area contributed by atoms with Gasteiger partial charge in [-0.3, -0.25) is 9.59 Å². The molecule has 8 heteroatoms. The first-order chi connectivity index (χ1) is 8.36. The van der Waals surface area contributed by atoms with E-state index in [0.717, 1.165) is 0 Å². The monoisotopic (exact) mass is 257 g/mol. The summed E-state index contributed by atoms with van der Waals surface area (Å²) in [4.78, 5) is 35.6. The van der Waals surface area contributed by atoms with Gasteiger partial charge < -0.3 is 21.1 Å². The molecule has 0 fully saturated rings. The predicted molar refractivity (Wildman–Crippen MR) is 59.8 cm³/mol. The average Bonchev–Trinajstić information content (AvgIpc) is 2.23. The van der Waals surface area contributed by atoms with E-state index in [1.165, 1.54) is 6.92 Å². The first-order valence-corrected chi connectivity index (χ1v) is 5.27. The number of rotatable bonds is 8. The van der Waals surface area contributed by atoms with Crippen LogP contribution in [0.4, 0.5) is 0 Å². The van der Waals surface area contributed by atoms with E-state index in [1.807, 2.05) is 0 Å². The van der Waals surface area contributed by atoms with Gasteiger partial charge >= 0.3 is 12.2 Å². The van der Waals surface area contributed by atoms with Crippen molar-refractivity contribution in [2.45, 2.75) is 38.3 Å². The molecule has 0 saturated carbocycles. The SMILES string of the molecule is C[C@H](O)CC(=O)N[C@@H](CCC(=O)C=[N+]=[N-])C(=O)O. The number of nitrogens with one attached hydrogen (secondary N) is 1. The van der Waals surface area contributed by atoms with Crippen LogP contribution in [0.5, 0.6) is 0 Å². The Morgan fingerprint density at radius 1 is 1.44 bits per heavy atom. The highest BCUT2D eigenvalue weighted by Crippen LogP contribution is 2.00. The molecule has 0 aliphatic carbocycles. The Hall–Kier alpha value is -2.05. The zero-order valence-electron chi connectivity index (χ0n) is 9.87. The average molecular weight is 257 g/mol. The fraction of sp³-hybridized carbons (Fsp3) is 0.600. The molecule has 18 heavy (non-hydrogen) atoms. The van der Waals surface area contributed by atoms with E-state index in [9.17, 15) is 14.4 Å². The van der Waals surface area contributed by atoms with Gasteiger partial charge in [-0.2, -0.15) is 4.79 Å². The second-order valence-electron chi connectivity index (χ2n) is 3.76. The summed E-state index contributed by atoms with van der Waals surface area (Å²) in [6, 6.07) is -1.22. The molecule has 0 rings (SSSR count). The number of aliphatic carboxylic acids is 1. The highest BCUT2D eigenvalue weighted by atomic mass is 16.4. The second kappa shape index (κ2) is 8.10. The molecule has 1 amide bonds. The van der Waals surface area contributed by atoms with Gasteiger partial charge in [0.2, 0.25) is 11.7 Å². The fourth-order valence-corrected chi connectivity index (χ4v) is 1.19. The summed E-state index contributed by atoms with van der Waals surface area (Å²) in [5.74, 6) is -2.43. The van der Waals surface area contributed by atoms with E-state index in [2.05, 4.69) is 10.1 Å². The van der Waals surface area contributed by atoms with Crippen molar-refractivity contribution in [1.82, 2.24) is 5.32 Å². The lowest BCUT2D eigenvalue weighted by molar-refractivity contribution is -0.142. The number of ketones is 1. The molecule has 0 aliphatic heterocycles. The minimum Gasteiger partial charge on any atom is -0.480 e. The zero-order chi connectivity index (χ0) is 14.1. The van der Waals surface area contributed by atoms with Crippen LogP contribution in [-0.2, 0) is 14.4 Å². The minimum atomic E-state index is -1.28. The third kappa shape index (κ3) is 7.26. The third-order valence-corrected chi connectivity index (χ3v) is 2.00. The Labute approximate surface area is 103 Å². The number of carboxylic acid groups (broad SMARTS) is 1. The van der Waals surface area contributed by atoms with E-state index >= 15 is 0 Å². The fourth-order valence-electron chi connectivity index (χ4n) is 1.19. The Morgan fingerprint density at radius 2 is 2.06 bits per heavy atom. The summed E-state index contributed by atoms with van der Waals surface area (Å²) in [6.07, 6.45) is -0.712. The number of carbonyl (C=O) groups is 3. The molecule has 0 aromatic rings. The molecule has 0 spiro atoms. The molecule has 0 aromatic heterocycles. The number of amides is 1. The van der Waals surface area contributed by atoms with Crippen LogP contribution in [0.15, 0.2) is 0 Å². The molecule has 0 saturated heterocycles. The van der Waals surface area contributed by atoms with Gasteiger partial charge in [-0.25, -0.2) is 4.79 Å². The van der Waals surface area contributed by atoms with Crippen molar-refractivity contribution in [3.05, 3.63) is 5.53 Å². The molecular formula is C10H15N3O5. The van der Waals surface area contributed by atoms with Crippen molar-refractivity contribution in [1.29, 1.82) is 0 Å². The number of hydrogen-bond donors (Lipinski definition) is 3. The number of aliphatic hydroxyl groups is 1. The van der Waals surface area contributed by atoms with Gasteiger partial charge in [-0.05, 0) is 13.3 Å². The van der Waals surface area contributed by atoms with Gasteiger partial charge in [-0.1, -0.05) is 0 Å². The van der Waals surface area contributed by atoms with Crippen molar-refractivity contribution in [2.75, 3.05) is 0 Å². The lowest BCUT2D eigenvalue weighted by Gasteiger charge is -2.14. The predicted octanol–water partition coefficient (Wildman–Crippen LogP) is -1.02. The van der Waals surface area contributed by atoms with E-state index in [4.69, 9.17) is 15.7 Å². The summed E-state index contributed by atoms with van der Waals surface area (Å²) in [7, 11) is 0. The van der Waals surface area contributed by atoms with Crippen LogP contribution in [0.2, 0.25) is 0 Å². The maximum Gasteiger partial charge on any atom is 0.326 e. The second-order valence-corrected chi connectivity index (χ2v) is 3.76. The van der Waals surface area contributed by atoms with Crippen LogP contribution in [0.3, 0.4) is 0 Å². The number of aliphatic hydroxyl groups excluding tert-OH is 1. The number of nitrogens with zero attached hydrogens (tertiary/aromatic N) is 2. The van der Waals surface area contributed by atoms with Crippen molar-refractivity contribution in [3.63, 3.8) is 0 Å². The third-order valence-electron chi connectivity index (χ3n) is 2.00. The van der Waals surface area contributed by atoms with Gasteiger partial charge in [0.05, 0.1) is 12.5 Å². The molecule has 0 unspecified atom stereocenters. The van der Waals surface area contributed by atoms with E-state index in [0.29, 0.717) is 6.21 Å². The lowest BCUT2D eigenvalue weighted by atomic mass is 10.1. The molecular weight excluding hydrogens is 242 g/mol. The lowest BCUT2D eigenvalue weighted by Crippen LogP contribution is -2.42. The van der Waals surface area contributed by atoms with Gasteiger partial charge in [0, 0.05) is 6.42 Å². The first-order valence-electron chi connectivity index (χ1n) is 5.27. The summed E-state index contributed by atoms with van der Waals surface area (Å²) >= 11 is 0. The zero-order valence-corrected chi connectivity index (χ0v) is 9.87. The Morgan fingerprint density at radius 3 is 2.50 bits per heavy atom. The van der Waals surface area contributed by atoms with Crippen LogP contribution < -0.4 is 5.32 Å².